The van der Waals surface area contributed by atoms with E-state index in [-0.39, 0.29) is 5.54 Å². The smallest absolute Gasteiger partial charge is 0.218 e. The highest BCUT2D eigenvalue weighted by molar-refractivity contribution is 7.13. The first-order chi connectivity index (χ1) is 9.53. The van der Waals surface area contributed by atoms with E-state index in [1.165, 1.54) is 0 Å². The minimum Gasteiger partial charge on any atom is -0.306 e. The molecule has 0 saturated heterocycles. The normalized spacial score (nSPS) is 12.2. The highest BCUT2D eigenvalue weighted by Crippen LogP contribution is 2.21. The minimum absolute atomic E-state index is 0.0769. The standard InChI is InChI=1S/C14H17N5S/c1-14(2,3)16-8-12-17-18-13(20-12)19-9-15-10-6-4-5-7-11(10)19/h4-7,9,16H,8H2,1-3H3. The first-order valence-electron chi connectivity index (χ1n) is 6.53. The van der Waals surface area contributed by atoms with E-state index >= 15 is 0 Å². The van der Waals surface area contributed by atoms with Crippen LogP contribution < -0.4 is 5.32 Å². The Kier molecular flexibility index (Phi) is 3.27. The van der Waals surface area contributed by atoms with Crippen molar-refractivity contribution in [1.29, 1.82) is 0 Å². The average Bonchev–Trinajstić information content (AvgIpc) is 3.01. The molecule has 3 rings (SSSR count). The van der Waals surface area contributed by atoms with Gasteiger partial charge in [-0.15, -0.1) is 10.2 Å². The van der Waals surface area contributed by atoms with Crippen LogP contribution in [0.5, 0.6) is 0 Å². The molecule has 20 heavy (non-hydrogen) atoms. The molecule has 0 spiro atoms. The fourth-order valence-electron chi connectivity index (χ4n) is 1.87. The number of imidazole rings is 1. The van der Waals surface area contributed by atoms with E-state index in [1.54, 1.807) is 17.7 Å². The Labute approximate surface area is 121 Å². The maximum Gasteiger partial charge on any atom is 0.218 e. The zero-order chi connectivity index (χ0) is 14.2. The second-order valence-corrected chi connectivity index (χ2v) is 6.73. The largest absolute Gasteiger partial charge is 0.306 e. The summed E-state index contributed by atoms with van der Waals surface area (Å²) < 4.78 is 1.98. The van der Waals surface area contributed by atoms with Gasteiger partial charge >= 0.3 is 0 Å². The number of hydrogen-bond acceptors (Lipinski definition) is 5. The maximum absolute atomic E-state index is 4.38. The van der Waals surface area contributed by atoms with Crippen LogP contribution in [0.4, 0.5) is 0 Å². The van der Waals surface area contributed by atoms with Gasteiger partial charge in [0.2, 0.25) is 5.13 Å². The average molecular weight is 287 g/mol. The van der Waals surface area contributed by atoms with E-state index < -0.39 is 0 Å². The fraction of sp³-hybridized carbons (Fsp3) is 0.357. The molecule has 6 heteroatoms. The third kappa shape index (κ3) is 2.71. The predicted molar refractivity (Wildman–Crippen MR) is 81.1 cm³/mol. The van der Waals surface area contributed by atoms with Crippen LogP contribution in [0.1, 0.15) is 25.8 Å². The quantitative estimate of drug-likeness (QED) is 0.805. The van der Waals surface area contributed by atoms with Crippen LogP contribution in [0.15, 0.2) is 30.6 Å². The van der Waals surface area contributed by atoms with Gasteiger partial charge in [0, 0.05) is 5.54 Å². The Hall–Kier alpha value is -1.79. The van der Waals surface area contributed by atoms with Gasteiger partial charge in [-0.1, -0.05) is 23.5 Å². The molecule has 3 aromatic rings. The van der Waals surface area contributed by atoms with Gasteiger partial charge in [-0.25, -0.2) is 4.98 Å². The summed E-state index contributed by atoms with van der Waals surface area (Å²) in [7, 11) is 0. The van der Waals surface area contributed by atoms with Gasteiger partial charge in [-0.3, -0.25) is 4.57 Å². The zero-order valence-corrected chi connectivity index (χ0v) is 12.6. The summed E-state index contributed by atoms with van der Waals surface area (Å²) in [5, 5.41) is 13.7. The molecule has 0 aliphatic heterocycles. The molecule has 104 valence electrons. The second kappa shape index (κ2) is 4.96. The Bertz CT molecular complexity index is 722. The second-order valence-electron chi connectivity index (χ2n) is 5.69. The predicted octanol–water partition coefficient (Wildman–Crippen LogP) is 2.77. The topological polar surface area (TPSA) is 55.6 Å². The van der Waals surface area contributed by atoms with Crippen LogP contribution in [0.2, 0.25) is 0 Å². The van der Waals surface area contributed by atoms with E-state index in [2.05, 4.69) is 41.3 Å². The molecule has 5 nitrogen and oxygen atoms in total. The van der Waals surface area contributed by atoms with Crippen molar-refractivity contribution in [3.63, 3.8) is 0 Å². The van der Waals surface area contributed by atoms with Crippen LogP contribution in [-0.2, 0) is 6.54 Å². The molecule has 0 bridgehead atoms. The summed E-state index contributed by atoms with van der Waals surface area (Å²) in [6.07, 6.45) is 1.80. The molecule has 0 aliphatic carbocycles. The van der Waals surface area contributed by atoms with Crippen molar-refractivity contribution < 1.29 is 0 Å². The number of benzene rings is 1. The highest BCUT2D eigenvalue weighted by Gasteiger charge is 2.13. The van der Waals surface area contributed by atoms with Crippen molar-refractivity contribution in [2.45, 2.75) is 32.9 Å². The first-order valence-corrected chi connectivity index (χ1v) is 7.34. The van der Waals surface area contributed by atoms with E-state index in [4.69, 9.17) is 0 Å². The summed E-state index contributed by atoms with van der Waals surface area (Å²) in [5.41, 5.74) is 2.10. The van der Waals surface area contributed by atoms with Gasteiger partial charge in [0.05, 0.1) is 17.6 Å². The van der Waals surface area contributed by atoms with Crippen LogP contribution in [0.25, 0.3) is 16.2 Å². The van der Waals surface area contributed by atoms with Crippen molar-refractivity contribution >= 4 is 22.4 Å². The van der Waals surface area contributed by atoms with Crippen molar-refractivity contribution in [3.05, 3.63) is 35.6 Å². The van der Waals surface area contributed by atoms with Crippen LogP contribution in [0.3, 0.4) is 0 Å². The lowest BCUT2D eigenvalue weighted by molar-refractivity contribution is 0.423. The molecule has 0 atom stereocenters. The molecule has 2 heterocycles. The molecule has 0 amide bonds. The molecule has 0 radical (unpaired) electrons. The number of aromatic nitrogens is 4. The maximum atomic E-state index is 4.38. The van der Waals surface area contributed by atoms with E-state index in [0.717, 1.165) is 27.7 Å². The Morgan fingerprint density at radius 1 is 1.20 bits per heavy atom. The van der Waals surface area contributed by atoms with Gasteiger partial charge in [0.1, 0.15) is 11.3 Å². The lowest BCUT2D eigenvalue weighted by Crippen LogP contribution is -2.35. The molecule has 1 aromatic carbocycles. The summed E-state index contributed by atoms with van der Waals surface area (Å²) in [6.45, 7) is 7.14. The molecule has 0 aliphatic rings. The number of hydrogen-bond donors (Lipinski definition) is 1. The monoisotopic (exact) mass is 287 g/mol. The minimum atomic E-state index is 0.0769. The SMILES string of the molecule is CC(C)(C)NCc1nnc(-n2cnc3ccccc32)s1. The number of rotatable bonds is 3. The third-order valence-corrected chi connectivity index (χ3v) is 3.81. The summed E-state index contributed by atoms with van der Waals surface area (Å²) >= 11 is 1.58. The van der Waals surface area contributed by atoms with Crippen LogP contribution in [0, 0.1) is 0 Å². The number of para-hydroxylation sites is 2. The Morgan fingerprint density at radius 3 is 2.80 bits per heavy atom. The van der Waals surface area contributed by atoms with Gasteiger partial charge < -0.3 is 5.32 Å². The van der Waals surface area contributed by atoms with Gasteiger partial charge in [-0.05, 0) is 32.9 Å². The summed E-state index contributed by atoms with van der Waals surface area (Å²) in [5.74, 6) is 0. The van der Waals surface area contributed by atoms with E-state index in [9.17, 15) is 0 Å². The molecular formula is C14H17N5S. The van der Waals surface area contributed by atoms with E-state index in [1.807, 2.05) is 28.8 Å². The third-order valence-electron chi connectivity index (χ3n) is 2.89. The first kappa shape index (κ1) is 13.2. The zero-order valence-electron chi connectivity index (χ0n) is 11.8. The molecule has 0 fully saturated rings. The number of nitrogens with one attached hydrogen (secondary N) is 1. The molecule has 0 unspecified atom stereocenters. The van der Waals surface area contributed by atoms with Crippen molar-refractivity contribution in [1.82, 2.24) is 25.1 Å². The number of fused-ring (bicyclic) bond motifs is 1. The van der Waals surface area contributed by atoms with Gasteiger partial charge in [-0.2, -0.15) is 0 Å². The van der Waals surface area contributed by atoms with Crippen LogP contribution >= 0.6 is 11.3 Å². The lowest BCUT2D eigenvalue weighted by Gasteiger charge is -2.19. The van der Waals surface area contributed by atoms with Gasteiger partial charge in [0.25, 0.3) is 0 Å². The van der Waals surface area contributed by atoms with Crippen molar-refractivity contribution in [3.8, 4) is 5.13 Å². The summed E-state index contributed by atoms with van der Waals surface area (Å²) in [4.78, 5) is 4.38. The molecule has 1 N–H and O–H groups in total. The Morgan fingerprint density at radius 2 is 2.00 bits per heavy atom. The fourth-order valence-corrected chi connectivity index (χ4v) is 2.63. The molecule has 0 saturated carbocycles. The van der Waals surface area contributed by atoms with Crippen molar-refractivity contribution in [2.24, 2.45) is 0 Å². The summed E-state index contributed by atoms with van der Waals surface area (Å²) in [6, 6.07) is 8.02. The van der Waals surface area contributed by atoms with Crippen molar-refractivity contribution in [2.75, 3.05) is 0 Å². The molecular weight excluding hydrogens is 270 g/mol. The Balaban J connectivity index is 1.86. The number of nitrogens with zero attached hydrogens (tertiary/aromatic N) is 4. The lowest BCUT2D eigenvalue weighted by atomic mass is 10.1. The van der Waals surface area contributed by atoms with E-state index in [0.29, 0.717) is 0 Å². The highest BCUT2D eigenvalue weighted by atomic mass is 32.1. The van der Waals surface area contributed by atoms with Gasteiger partial charge in [0.15, 0.2) is 0 Å². The molecule has 2 aromatic heterocycles. The van der Waals surface area contributed by atoms with Crippen LogP contribution in [-0.4, -0.2) is 25.3 Å².